The first kappa shape index (κ1) is 24.6. The largest absolute Gasteiger partial charge is 0.466 e. The number of nitrogens with one attached hydrogen (secondary N) is 1. The molecule has 0 unspecified atom stereocenters. The van der Waals surface area contributed by atoms with Gasteiger partial charge in [-0.3, -0.25) is 8.77 Å². The molecular formula is C27H28FIN6O2S. The molecule has 0 aliphatic heterocycles. The molecule has 11 heteroatoms. The van der Waals surface area contributed by atoms with Crippen molar-refractivity contribution in [3.63, 3.8) is 0 Å². The minimum Gasteiger partial charge on any atom is -0.466 e. The summed E-state index contributed by atoms with van der Waals surface area (Å²) in [7, 11) is 1.46. The van der Waals surface area contributed by atoms with Crippen LogP contribution < -0.4 is 5.32 Å². The Kier molecular flexibility index (Phi) is 6.25. The van der Waals surface area contributed by atoms with Crippen molar-refractivity contribution < 1.29 is 13.9 Å². The first-order chi connectivity index (χ1) is 18.6. The van der Waals surface area contributed by atoms with Crippen LogP contribution in [0, 0.1) is 23.6 Å². The molecule has 0 aromatic carbocycles. The number of anilines is 1. The fourth-order valence-corrected chi connectivity index (χ4v) is 7.92. The predicted molar refractivity (Wildman–Crippen MR) is 154 cm³/mol. The molecule has 38 heavy (non-hydrogen) atoms. The second-order valence-corrected chi connectivity index (χ2v) is 12.4. The number of carbonyl (C=O) groups is 1. The zero-order valence-electron chi connectivity index (χ0n) is 20.9. The van der Waals surface area contributed by atoms with E-state index >= 15 is 0 Å². The lowest BCUT2D eigenvalue weighted by molar-refractivity contribution is -0.154. The highest BCUT2D eigenvalue weighted by Crippen LogP contribution is 2.48. The van der Waals surface area contributed by atoms with Gasteiger partial charge in [0, 0.05) is 59.7 Å². The highest BCUT2D eigenvalue weighted by Gasteiger charge is 2.48. The molecule has 8 rings (SSSR count). The fraction of sp³-hybridized carbons (Fsp3) is 0.481. The van der Waals surface area contributed by atoms with E-state index in [1.807, 2.05) is 27.8 Å². The topological polar surface area (TPSA) is 86.3 Å². The summed E-state index contributed by atoms with van der Waals surface area (Å²) in [5.41, 5.74) is 3.59. The SMILES string of the molecule is CCOC(=O)[C@H]1[C@H]2CC[C@H](CC2)[C@@H]1Nc1nc(-c2cn(SI)c3ncc(F)cc23)nn2ccc(C3CC3)c12. The van der Waals surface area contributed by atoms with Crippen LogP contribution in [0.1, 0.15) is 56.9 Å². The number of halogens is 2. The number of nitrogens with zero attached hydrogens (tertiary/aromatic N) is 5. The molecule has 0 spiro atoms. The number of ether oxygens (including phenoxy) is 1. The summed E-state index contributed by atoms with van der Waals surface area (Å²) in [4.78, 5) is 22.5. The van der Waals surface area contributed by atoms with E-state index < -0.39 is 5.82 Å². The van der Waals surface area contributed by atoms with E-state index in [0.29, 0.717) is 41.2 Å². The van der Waals surface area contributed by atoms with Crippen LogP contribution in [0.25, 0.3) is 27.9 Å². The standard InChI is InChI=1S/C27H28FIN6O2S/c1-2-37-27(36)21-15-5-7-16(8-6-15)22(21)31-25-23-18(14-3-4-14)9-10-34(23)33-24(32-25)20-13-35(38-29)26-19(20)11-17(28)12-30-26/h9-16,21-22H,2-8H2,1H3,(H,31,32,33)/t15-,16+,21-,22-/m0/s1. The molecule has 4 saturated carbocycles. The van der Waals surface area contributed by atoms with Gasteiger partial charge in [-0.25, -0.2) is 18.9 Å². The Morgan fingerprint density at radius 3 is 2.76 bits per heavy atom. The lowest BCUT2D eigenvalue weighted by Crippen LogP contribution is -2.52. The molecule has 0 saturated heterocycles. The minimum atomic E-state index is -0.401. The van der Waals surface area contributed by atoms with Gasteiger partial charge < -0.3 is 10.1 Å². The summed E-state index contributed by atoms with van der Waals surface area (Å²) in [5.74, 6) is 1.77. The first-order valence-corrected chi connectivity index (χ1v) is 16.7. The van der Waals surface area contributed by atoms with Gasteiger partial charge in [-0.15, -0.1) is 5.10 Å². The second-order valence-electron chi connectivity index (χ2n) is 10.7. The lowest BCUT2D eigenvalue weighted by Gasteiger charge is -2.47. The summed E-state index contributed by atoms with van der Waals surface area (Å²) in [5, 5.41) is 9.32. The van der Waals surface area contributed by atoms with E-state index in [4.69, 9.17) is 14.8 Å². The average Bonchev–Trinajstić information content (AvgIpc) is 3.58. The molecule has 4 fully saturated rings. The van der Waals surface area contributed by atoms with Gasteiger partial charge in [-0.2, -0.15) is 0 Å². The molecule has 2 bridgehead atoms. The Morgan fingerprint density at radius 2 is 2.03 bits per heavy atom. The predicted octanol–water partition coefficient (Wildman–Crippen LogP) is 6.39. The van der Waals surface area contributed by atoms with E-state index in [0.717, 1.165) is 55.4 Å². The van der Waals surface area contributed by atoms with Crippen molar-refractivity contribution in [1.29, 1.82) is 0 Å². The van der Waals surface area contributed by atoms with Crippen molar-refractivity contribution >= 4 is 58.7 Å². The van der Waals surface area contributed by atoms with Crippen molar-refractivity contribution in [2.75, 3.05) is 11.9 Å². The van der Waals surface area contributed by atoms with Gasteiger partial charge in [-0.1, -0.05) is 0 Å². The van der Waals surface area contributed by atoms with Gasteiger partial charge in [0.2, 0.25) is 0 Å². The summed E-state index contributed by atoms with van der Waals surface area (Å²) < 4.78 is 23.6. The molecule has 4 heterocycles. The molecule has 0 amide bonds. The van der Waals surface area contributed by atoms with Crippen LogP contribution in [0.15, 0.2) is 30.7 Å². The molecule has 4 aliphatic rings. The maximum Gasteiger partial charge on any atom is 0.311 e. The van der Waals surface area contributed by atoms with Crippen molar-refractivity contribution in [3.8, 4) is 11.4 Å². The number of hydrogen-bond acceptors (Lipinski definition) is 7. The van der Waals surface area contributed by atoms with Crippen molar-refractivity contribution in [3.05, 3.63) is 42.1 Å². The van der Waals surface area contributed by atoms with Crippen molar-refractivity contribution in [2.45, 2.75) is 57.4 Å². The number of pyridine rings is 1. The number of carbonyl (C=O) groups excluding carboxylic acids is 1. The maximum atomic E-state index is 14.3. The molecule has 0 radical (unpaired) electrons. The van der Waals surface area contributed by atoms with Crippen molar-refractivity contribution in [2.24, 2.45) is 17.8 Å². The number of esters is 1. The number of hydrogen-bond donors (Lipinski definition) is 1. The zero-order valence-corrected chi connectivity index (χ0v) is 23.9. The van der Waals surface area contributed by atoms with Crippen LogP contribution in [0.5, 0.6) is 0 Å². The monoisotopic (exact) mass is 646 g/mol. The third-order valence-electron chi connectivity index (χ3n) is 8.53. The lowest BCUT2D eigenvalue weighted by atomic mass is 9.61. The molecule has 2 atom stereocenters. The number of fused-ring (bicyclic) bond motifs is 5. The van der Waals surface area contributed by atoms with Gasteiger partial charge >= 0.3 is 5.97 Å². The fourth-order valence-electron chi connectivity index (χ4n) is 6.66. The molecule has 1 N–H and O–H groups in total. The van der Waals surface area contributed by atoms with E-state index in [1.54, 1.807) is 0 Å². The zero-order chi connectivity index (χ0) is 26.0. The van der Waals surface area contributed by atoms with E-state index in [1.165, 1.54) is 26.9 Å². The van der Waals surface area contributed by atoms with Gasteiger partial charge in [-0.05, 0) is 80.9 Å². The second kappa shape index (κ2) is 9.65. The van der Waals surface area contributed by atoms with E-state index in [9.17, 15) is 9.18 Å². The third-order valence-corrected chi connectivity index (χ3v) is 10.2. The van der Waals surface area contributed by atoms with Gasteiger partial charge in [0.05, 0.1) is 18.7 Å². The number of rotatable bonds is 7. The normalized spacial score (nSPS) is 24.8. The minimum absolute atomic E-state index is 0.0413. The Bertz CT molecular complexity index is 1540. The molecule has 8 nitrogen and oxygen atoms in total. The van der Waals surface area contributed by atoms with E-state index in [-0.39, 0.29) is 17.9 Å². The molecule has 198 valence electrons. The van der Waals surface area contributed by atoms with Crippen LogP contribution in [-0.4, -0.2) is 42.2 Å². The van der Waals surface area contributed by atoms with Gasteiger partial charge in [0.25, 0.3) is 0 Å². The number of aromatic nitrogens is 5. The molecular weight excluding hydrogens is 618 g/mol. The Morgan fingerprint density at radius 1 is 1.24 bits per heavy atom. The molecule has 4 aromatic rings. The van der Waals surface area contributed by atoms with Crippen LogP contribution in [0.4, 0.5) is 10.2 Å². The van der Waals surface area contributed by atoms with Crippen molar-refractivity contribution in [1.82, 2.24) is 23.6 Å². The Balaban J connectivity index is 1.37. The third kappa shape index (κ3) is 4.07. The quantitative estimate of drug-likeness (QED) is 0.184. The molecule has 4 aliphatic carbocycles. The maximum absolute atomic E-state index is 14.3. The Hall–Kier alpha value is -2.41. The van der Waals surface area contributed by atoms with Crippen LogP contribution >= 0.6 is 30.3 Å². The summed E-state index contributed by atoms with van der Waals surface area (Å²) in [6.07, 6.45) is 11.8. The van der Waals surface area contributed by atoms with Crippen LogP contribution in [0.2, 0.25) is 0 Å². The molecule has 4 aromatic heterocycles. The average molecular weight is 647 g/mol. The van der Waals surface area contributed by atoms with Crippen LogP contribution in [0.3, 0.4) is 0 Å². The van der Waals surface area contributed by atoms with Crippen LogP contribution in [-0.2, 0) is 9.53 Å². The summed E-state index contributed by atoms with van der Waals surface area (Å²) >= 11 is 2.19. The van der Waals surface area contributed by atoms with E-state index in [2.05, 4.69) is 37.6 Å². The first-order valence-electron chi connectivity index (χ1n) is 13.3. The summed E-state index contributed by atoms with van der Waals surface area (Å²) in [6, 6.07) is 3.59. The van der Waals surface area contributed by atoms with Gasteiger partial charge in [0.1, 0.15) is 11.3 Å². The highest BCUT2D eigenvalue weighted by molar-refractivity contribution is 14.2. The highest BCUT2D eigenvalue weighted by atomic mass is 127. The van der Waals surface area contributed by atoms with Gasteiger partial charge in [0.15, 0.2) is 17.3 Å². The Labute approximate surface area is 235 Å². The smallest absolute Gasteiger partial charge is 0.311 e. The summed E-state index contributed by atoms with van der Waals surface area (Å²) in [6.45, 7) is 2.25.